The van der Waals surface area contributed by atoms with E-state index in [0.717, 1.165) is 44.7 Å². The van der Waals surface area contributed by atoms with Crippen molar-refractivity contribution in [2.45, 2.75) is 13.0 Å². The molecule has 1 heterocycles. The zero-order valence-electron chi connectivity index (χ0n) is 14.0. The molecule has 1 saturated heterocycles. The van der Waals surface area contributed by atoms with Crippen LogP contribution in [0.15, 0.2) is 60.7 Å². The molecule has 0 radical (unpaired) electrons. The number of urea groups is 1. The largest absolute Gasteiger partial charge is 0.334 e. The summed E-state index contributed by atoms with van der Waals surface area (Å²) >= 11 is 0. The molecule has 0 bridgehead atoms. The maximum absolute atomic E-state index is 12.3. The summed E-state index contributed by atoms with van der Waals surface area (Å²) in [5.74, 6) is 0. The highest BCUT2D eigenvalue weighted by atomic mass is 16.2. The summed E-state index contributed by atoms with van der Waals surface area (Å²) in [5.41, 5.74) is 2.51. The fourth-order valence-corrected chi connectivity index (χ4v) is 2.99. The summed E-state index contributed by atoms with van der Waals surface area (Å²) < 4.78 is 0. The van der Waals surface area contributed by atoms with Crippen molar-refractivity contribution in [2.75, 3.05) is 32.7 Å². The molecule has 1 aliphatic rings. The summed E-state index contributed by atoms with van der Waals surface area (Å²) in [6, 6.07) is 20.6. The van der Waals surface area contributed by atoms with E-state index < -0.39 is 0 Å². The summed E-state index contributed by atoms with van der Waals surface area (Å²) in [5, 5.41) is 3.01. The number of rotatable bonds is 5. The van der Waals surface area contributed by atoms with Gasteiger partial charge in [0.2, 0.25) is 0 Å². The van der Waals surface area contributed by atoms with Crippen LogP contribution < -0.4 is 5.32 Å². The second-order valence-corrected chi connectivity index (χ2v) is 6.21. The average Bonchev–Trinajstić information content (AvgIpc) is 2.66. The number of carbonyl (C=O) groups excluding carboxylic acids is 1. The number of amides is 2. The Kier molecular flexibility index (Phi) is 5.85. The molecule has 0 aromatic heterocycles. The van der Waals surface area contributed by atoms with Crippen LogP contribution in [-0.4, -0.2) is 48.6 Å². The Labute approximate surface area is 144 Å². The van der Waals surface area contributed by atoms with E-state index in [0.29, 0.717) is 6.54 Å². The van der Waals surface area contributed by atoms with Gasteiger partial charge in [-0.15, -0.1) is 0 Å². The SMILES string of the molecule is O=C(NCc1ccccc1)N1CCN(CCc2ccccc2)CC1. The molecule has 126 valence electrons. The van der Waals surface area contributed by atoms with E-state index in [1.165, 1.54) is 5.56 Å². The summed E-state index contributed by atoms with van der Waals surface area (Å²) in [6.07, 6.45) is 1.07. The van der Waals surface area contributed by atoms with Crippen molar-refractivity contribution in [3.8, 4) is 0 Å². The number of nitrogens with zero attached hydrogens (tertiary/aromatic N) is 2. The smallest absolute Gasteiger partial charge is 0.317 e. The van der Waals surface area contributed by atoms with Crippen molar-refractivity contribution in [3.05, 3.63) is 71.8 Å². The van der Waals surface area contributed by atoms with Gasteiger partial charge in [-0.05, 0) is 17.5 Å². The van der Waals surface area contributed by atoms with E-state index >= 15 is 0 Å². The quantitative estimate of drug-likeness (QED) is 0.918. The van der Waals surface area contributed by atoms with Gasteiger partial charge in [0.15, 0.2) is 0 Å². The zero-order chi connectivity index (χ0) is 16.6. The predicted molar refractivity (Wildman–Crippen MR) is 96.8 cm³/mol. The second kappa shape index (κ2) is 8.50. The number of hydrogen-bond donors (Lipinski definition) is 1. The molecular weight excluding hydrogens is 298 g/mol. The number of piperazine rings is 1. The Morgan fingerprint density at radius 3 is 2.04 bits per heavy atom. The van der Waals surface area contributed by atoms with Crippen LogP contribution >= 0.6 is 0 Å². The molecular formula is C20H25N3O. The van der Waals surface area contributed by atoms with Crippen LogP contribution in [-0.2, 0) is 13.0 Å². The summed E-state index contributed by atoms with van der Waals surface area (Å²) in [7, 11) is 0. The molecule has 24 heavy (non-hydrogen) atoms. The van der Waals surface area contributed by atoms with Gasteiger partial charge in [0, 0.05) is 39.3 Å². The molecule has 4 nitrogen and oxygen atoms in total. The maximum atomic E-state index is 12.3. The van der Waals surface area contributed by atoms with Crippen molar-refractivity contribution in [1.29, 1.82) is 0 Å². The first-order chi connectivity index (χ1) is 11.8. The molecule has 0 atom stereocenters. The molecule has 0 spiro atoms. The van der Waals surface area contributed by atoms with E-state index in [-0.39, 0.29) is 6.03 Å². The Balaban J connectivity index is 1.37. The van der Waals surface area contributed by atoms with Crippen LogP contribution in [0.3, 0.4) is 0 Å². The topological polar surface area (TPSA) is 35.6 Å². The van der Waals surface area contributed by atoms with E-state index in [9.17, 15) is 4.79 Å². The molecule has 2 aromatic carbocycles. The number of carbonyl (C=O) groups is 1. The number of hydrogen-bond acceptors (Lipinski definition) is 2. The Morgan fingerprint density at radius 1 is 0.833 bits per heavy atom. The fourth-order valence-electron chi connectivity index (χ4n) is 2.99. The fraction of sp³-hybridized carbons (Fsp3) is 0.350. The van der Waals surface area contributed by atoms with E-state index in [1.54, 1.807) is 0 Å². The van der Waals surface area contributed by atoms with Crippen LogP contribution in [0.1, 0.15) is 11.1 Å². The highest BCUT2D eigenvalue weighted by Gasteiger charge is 2.20. The van der Waals surface area contributed by atoms with Gasteiger partial charge < -0.3 is 10.2 Å². The molecule has 2 aromatic rings. The minimum Gasteiger partial charge on any atom is -0.334 e. The molecule has 0 aliphatic carbocycles. The lowest BCUT2D eigenvalue weighted by Gasteiger charge is -2.34. The summed E-state index contributed by atoms with van der Waals surface area (Å²) in [4.78, 5) is 16.6. The summed E-state index contributed by atoms with van der Waals surface area (Å²) in [6.45, 7) is 5.15. The molecule has 1 aliphatic heterocycles. The molecule has 0 unspecified atom stereocenters. The minimum atomic E-state index is 0.0431. The molecule has 0 saturated carbocycles. The van der Waals surface area contributed by atoms with Crippen LogP contribution in [0.25, 0.3) is 0 Å². The van der Waals surface area contributed by atoms with Crippen molar-refractivity contribution >= 4 is 6.03 Å². The standard InChI is InChI=1S/C20H25N3O/c24-20(21-17-19-9-5-2-6-10-19)23-15-13-22(14-16-23)12-11-18-7-3-1-4-8-18/h1-10H,11-17H2,(H,21,24). The van der Waals surface area contributed by atoms with Gasteiger partial charge in [-0.1, -0.05) is 60.7 Å². The molecule has 1 fully saturated rings. The van der Waals surface area contributed by atoms with Crippen molar-refractivity contribution in [2.24, 2.45) is 0 Å². The molecule has 2 amide bonds. The molecule has 4 heteroatoms. The third-order valence-corrected chi connectivity index (χ3v) is 4.51. The van der Waals surface area contributed by atoms with E-state index in [1.807, 2.05) is 35.2 Å². The zero-order valence-corrected chi connectivity index (χ0v) is 14.0. The first kappa shape index (κ1) is 16.5. The van der Waals surface area contributed by atoms with Crippen molar-refractivity contribution in [1.82, 2.24) is 15.1 Å². The highest BCUT2D eigenvalue weighted by Crippen LogP contribution is 2.06. The molecule has 1 N–H and O–H groups in total. The molecule has 3 rings (SSSR count). The Morgan fingerprint density at radius 2 is 1.42 bits per heavy atom. The lowest BCUT2D eigenvalue weighted by atomic mass is 10.1. The van der Waals surface area contributed by atoms with E-state index in [4.69, 9.17) is 0 Å². The van der Waals surface area contributed by atoms with Gasteiger partial charge in [0.05, 0.1) is 0 Å². The van der Waals surface area contributed by atoms with Gasteiger partial charge in [0.25, 0.3) is 0 Å². The van der Waals surface area contributed by atoms with Crippen molar-refractivity contribution in [3.63, 3.8) is 0 Å². The third-order valence-electron chi connectivity index (χ3n) is 4.51. The Bertz CT molecular complexity index is 622. The average molecular weight is 323 g/mol. The Hall–Kier alpha value is -2.33. The normalized spacial score (nSPS) is 15.2. The maximum Gasteiger partial charge on any atom is 0.317 e. The predicted octanol–water partition coefficient (Wildman–Crippen LogP) is 2.76. The third kappa shape index (κ3) is 4.83. The first-order valence-electron chi connectivity index (χ1n) is 8.64. The van der Waals surface area contributed by atoms with Crippen LogP contribution in [0, 0.1) is 0 Å². The van der Waals surface area contributed by atoms with E-state index in [2.05, 4.69) is 40.5 Å². The number of nitrogens with one attached hydrogen (secondary N) is 1. The van der Waals surface area contributed by atoms with Gasteiger partial charge in [-0.25, -0.2) is 4.79 Å². The monoisotopic (exact) mass is 323 g/mol. The van der Waals surface area contributed by atoms with Crippen molar-refractivity contribution < 1.29 is 4.79 Å². The highest BCUT2D eigenvalue weighted by molar-refractivity contribution is 5.74. The second-order valence-electron chi connectivity index (χ2n) is 6.21. The van der Waals surface area contributed by atoms with Gasteiger partial charge in [0.1, 0.15) is 0 Å². The van der Waals surface area contributed by atoms with Crippen LogP contribution in [0.4, 0.5) is 4.79 Å². The van der Waals surface area contributed by atoms with Gasteiger partial charge in [-0.2, -0.15) is 0 Å². The van der Waals surface area contributed by atoms with Crippen LogP contribution in [0.5, 0.6) is 0 Å². The number of benzene rings is 2. The van der Waals surface area contributed by atoms with Gasteiger partial charge >= 0.3 is 6.03 Å². The first-order valence-corrected chi connectivity index (χ1v) is 8.64. The van der Waals surface area contributed by atoms with Gasteiger partial charge in [-0.3, -0.25) is 4.90 Å². The lowest BCUT2D eigenvalue weighted by Crippen LogP contribution is -2.51. The lowest BCUT2D eigenvalue weighted by molar-refractivity contribution is 0.140. The van der Waals surface area contributed by atoms with Crippen LogP contribution in [0.2, 0.25) is 0 Å². The minimum absolute atomic E-state index is 0.0431.